The first-order chi connectivity index (χ1) is 14.5. The van der Waals surface area contributed by atoms with Gasteiger partial charge in [0, 0.05) is 6.42 Å². The molecule has 0 saturated carbocycles. The molecule has 0 saturated heterocycles. The first-order valence-electron chi connectivity index (χ1n) is 9.92. The van der Waals surface area contributed by atoms with Crippen molar-refractivity contribution in [1.82, 2.24) is 10.6 Å². The second-order valence-corrected chi connectivity index (χ2v) is 6.82. The van der Waals surface area contributed by atoms with Crippen LogP contribution in [0.25, 0.3) is 0 Å². The zero-order valence-corrected chi connectivity index (χ0v) is 17.3. The van der Waals surface area contributed by atoms with Crippen molar-refractivity contribution in [2.75, 3.05) is 7.11 Å². The maximum absolute atomic E-state index is 12.9. The van der Waals surface area contributed by atoms with Crippen LogP contribution in [-0.2, 0) is 32.1 Å². The molecule has 0 heterocycles. The molecule has 0 aliphatic carbocycles. The Hall–Kier alpha value is -3.35. The number of esters is 1. The minimum atomic E-state index is -0.903. The Morgan fingerprint density at radius 3 is 2.03 bits per heavy atom. The van der Waals surface area contributed by atoms with E-state index in [4.69, 9.17) is 9.47 Å². The summed E-state index contributed by atoms with van der Waals surface area (Å²) in [6, 6.07) is 16.9. The van der Waals surface area contributed by atoms with E-state index in [0.717, 1.165) is 11.1 Å². The molecule has 0 aliphatic heterocycles. The molecule has 2 aromatic rings. The minimum Gasteiger partial charge on any atom is -0.467 e. The molecule has 2 N–H and O–H groups in total. The van der Waals surface area contributed by atoms with Crippen molar-refractivity contribution in [2.24, 2.45) is 0 Å². The van der Waals surface area contributed by atoms with Crippen molar-refractivity contribution >= 4 is 18.0 Å². The molecule has 0 spiro atoms. The predicted octanol–water partition coefficient (Wildman–Crippen LogP) is 2.98. The lowest BCUT2D eigenvalue weighted by Crippen LogP contribution is -2.52. The second kappa shape index (κ2) is 12.3. The molecule has 0 fully saturated rings. The number of ether oxygens (including phenoxy) is 2. The van der Waals surface area contributed by atoms with Crippen molar-refractivity contribution < 1.29 is 23.9 Å². The van der Waals surface area contributed by atoms with Gasteiger partial charge in [-0.3, -0.25) is 4.79 Å². The summed E-state index contributed by atoms with van der Waals surface area (Å²) in [6.07, 6.45) is 0.679. The van der Waals surface area contributed by atoms with Gasteiger partial charge in [-0.25, -0.2) is 9.59 Å². The van der Waals surface area contributed by atoms with Crippen molar-refractivity contribution in [3.05, 3.63) is 71.8 Å². The Balaban J connectivity index is 2.05. The van der Waals surface area contributed by atoms with Crippen LogP contribution >= 0.6 is 0 Å². The Labute approximate surface area is 176 Å². The Kier molecular flexibility index (Phi) is 9.37. The molecule has 0 bridgehead atoms. The van der Waals surface area contributed by atoms with Gasteiger partial charge in [0.25, 0.3) is 0 Å². The summed E-state index contributed by atoms with van der Waals surface area (Å²) in [5.74, 6) is -0.991. The van der Waals surface area contributed by atoms with E-state index >= 15 is 0 Å². The third kappa shape index (κ3) is 7.58. The number of carbonyl (C=O) groups excluding carboxylic acids is 3. The van der Waals surface area contributed by atoms with Crippen molar-refractivity contribution in [3.8, 4) is 0 Å². The molecule has 0 aromatic heterocycles. The number of hydrogen-bond donors (Lipinski definition) is 2. The molecule has 30 heavy (non-hydrogen) atoms. The summed E-state index contributed by atoms with van der Waals surface area (Å²) in [4.78, 5) is 37.1. The van der Waals surface area contributed by atoms with E-state index in [9.17, 15) is 14.4 Å². The number of methoxy groups -OCH3 is 1. The molecular weight excluding hydrogens is 384 g/mol. The molecule has 160 valence electrons. The monoisotopic (exact) mass is 412 g/mol. The maximum atomic E-state index is 12.9. The molecule has 2 atom stereocenters. The summed E-state index contributed by atoms with van der Waals surface area (Å²) in [6.45, 7) is 2.00. The first-order valence-corrected chi connectivity index (χ1v) is 9.92. The predicted molar refractivity (Wildman–Crippen MR) is 113 cm³/mol. The molecule has 0 aliphatic rings. The van der Waals surface area contributed by atoms with Crippen LogP contribution in [0.1, 0.15) is 30.9 Å². The number of benzene rings is 2. The summed E-state index contributed by atoms with van der Waals surface area (Å²) in [5, 5.41) is 5.30. The Morgan fingerprint density at radius 2 is 1.47 bits per heavy atom. The molecule has 7 nitrogen and oxygen atoms in total. The van der Waals surface area contributed by atoms with E-state index < -0.39 is 30.1 Å². The van der Waals surface area contributed by atoms with Crippen LogP contribution < -0.4 is 10.6 Å². The van der Waals surface area contributed by atoms with Crippen LogP contribution in [0.15, 0.2) is 60.7 Å². The summed E-state index contributed by atoms with van der Waals surface area (Å²) < 4.78 is 10.0. The highest BCUT2D eigenvalue weighted by molar-refractivity contribution is 5.89. The number of hydrogen-bond acceptors (Lipinski definition) is 5. The molecule has 1 unspecified atom stereocenters. The van der Waals surface area contributed by atoms with Gasteiger partial charge in [0.15, 0.2) is 0 Å². The fourth-order valence-corrected chi connectivity index (χ4v) is 2.92. The summed E-state index contributed by atoms with van der Waals surface area (Å²) in [5.41, 5.74) is 1.71. The van der Waals surface area contributed by atoms with E-state index in [1.807, 2.05) is 67.6 Å². The first kappa shape index (κ1) is 22.9. The van der Waals surface area contributed by atoms with Gasteiger partial charge >= 0.3 is 12.1 Å². The topological polar surface area (TPSA) is 93.7 Å². The van der Waals surface area contributed by atoms with E-state index in [0.29, 0.717) is 12.8 Å². The van der Waals surface area contributed by atoms with Gasteiger partial charge in [-0.05, 0) is 17.5 Å². The number of alkyl carbamates (subject to hydrolysis) is 1. The highest BCUT2D eigenvalue weighted by Gasteiger charge is 2.27. The summed E-state index contributed by atoms with van der Waals surface area (Å²) in [7, 11) is 1.28. The lowest BCUT2D eigenvalue weighted by molar-refractivity contribution is -0.145. The highest BCUT2D eigenvalue weighted by Crippen LogP contribution is 2.07. The van der Waals surface area contributed by atoms with Crippen LogP contribution in [0.3, 0.4) is 0 Å². The molecule has 2 amide bonds. The molecule has 2 aromatic carbocycles. The number of carbonyl (C=O) groups is 3. The van der Waals surface area contributed by atoms with E-state index in [-0.39, 0.29) is 13.0 Å². The molecule has 2 rings (SSSR count). The van der Waals surface area contributed by atoms with Crippen molar-refractivity contribution in [3.63, 3.8) is 0 Å². The normalized spacial score (nSPS) is 12.3. The van der Waals surface area contributed by atoms with Crippen LogP contribution in [-0.4, -0.2) is 37.2 Å². The Bertz CT molecular complexity index is 811. The Morgan fingerprint density at radius 1 is 0.867 bits per heavy atom. The van der Waals surface area contributed by atoms with Gasteiger partial charge in [0.2, 0.25) is 5.91 Å². The van der Waals surface area contributed by atoms with Crippen LogP contribution in [0.4, 0.5) is 4.79 Å². The SMILES string of the molecule is CCC[C@H](NC(=O)C(Cc1ccccc1)NC(=O)OCc1ccccc1)C(=O)OC. The lowest BCUT2D eigenvalue weighted by Gasteiger charge is -2.22. The molecule has 7 heteroatoms. The molecule has 0 radical (unpaired) electrons. The zero-order valence-electron chi connectivity index (χ0n) is 17.3. The quantitative estimate of drug-likeness (QED) is 0.585. The van der Waals surface area contributed by atoms with Gasteiger partial charge in [-0.15, -0.1) is 0 Å². The van der Waals surface area contributed by atoms with E-state index in [1.54, 1.807) is 0 Å². The lowest BCUT2D eigenvalue weighted by atomic mass is 10.0. The fraction of sp³-hybridized carbons (Fsp3) is 0.348. The van der Waals surface area contributed by atoms with Gasteiger partial charge in [-0.1, -0.05) is 74.0 Å². The molecular formula is C23H28N2O5. The second-order valence-electron chi connectivity index (χ2n) is 6.82. The largest absolute Gasteiger partial charge is 0.467 e. The number of nitrogens with one attached hydrogen (secondary N) is 2. The van der Waals surface area contributed by atoms with Crippen LogP contribution in [0, 0.1) is 0 Å². The van der Waals surface area contributed by atoms with Crippen molar-refractivity contribution in [1.29, 1.82) is 0 Å². The average molecular weight is 412 g/mol. The minimum absolute atomic E-state index is 0.0902. The third-order valence-electron chi connectivity index (χ3n) is 4.48. The van der Waals surface area contributed by atoms with E-state index in [2.05, 4.69) is 10.6 Å². The number of rotatable bonds is 10. The standard InChI is InChI=1S/C23H28N2O5/c1-3-10-19(22(27)29-2)24-21(26)20(15-17-11-6-4-7-12-17)25-23(28)30-16-18-13-8-5-9-14-18/h4-9,11-14,19-20H,3,10,15-16H2,1-2H3,(H,24,26)(H,25,28)/t19-,20?/m0/s1. The highest BCUT2D eigenvalue weighted by atomic mass is 16.5. The van der Waals surface area contributed by atoms with Gasteiger partial charge < -0.3 is 20.1 Å². The smallest absolute Gasteiger partial charge is 0.408 e. The van der Waals surface area contributed by atoms with Crippen molar-refractivity contribution in [2.45, 2.75) is 44.9 Å². The van der Waals surface area contributed by atoms with Crippen LogP contribution in [0.5, 0.6) is 0 Å². The zero-order chi connectivity index (χ0) is 21.8. The van der Waals surface area contributed by atoms with Crippen LogP contribution in [0.2, 0.25) is 0 Å². The third-order valence-corrected chi connectivity index (χ3v) is 4.48. The summed E-state index contributed by atoms with van der Waals surface area (Å²) >= 11 is 0. The van der Waals surface area contributed by atoms with Gasteiger partial charge in [-0.2, -0.15) is 0 Å². The number of amides is 2. The average Bonchev–Trinajstić information content (AvgIpc) is 2.77. The van der Waals surface area contributed by atoms with Gasteiger partial charge in [0.05, 0.1) is 7.11 Å². The fourth-order valence-electron chi connectivity index (χ4n) is 2.92. The van der Waals surface area contributed by atoms with E-state index in [1.165, 1.54) is 7.11 Å². The maximum Gasteiger partial charge on any atom is 0.408 e. The van der Waals surface area contributed by atoms with Gasteiger partial charge in [0.1, 0.15) is 18.7 Å².